The minimum atomic E-state index is -4.41. The first-order valence-electron chi connectivity index (χ1n) is 24.2. The number of amides is 2. The standard InChI is InChI=1S/C33H37ClN4O.C20H29F3N4O3S2/c1-23-4-9-28(19-31(23)39-29-18-25-11-13-35-32(25)36-21-29)38-16-14-37(15-17-38)22-26-10-12-33(2,3)20-30(26)24-5-7-27(34)8-6-24;1-19(2,3)30-18(29)27-11-9-26(10-12-27)8-4-7-24-16-6-5-15(32-25-14-28)13-17(16)31-20(21,22)23/h4-9,11,13,18-19,21H,10,12,14-17,20,22H2,1-3H3,(H,35,36);5-6,13-14,24H,4,7-12H2,1-3H3,(H,25,28). The predicted octanol–water partition coefficient (Wildman–Crippen LogP) is 12.5. The molecular weight excluding hydrogens is 969 g/mol. The van der Waals surface area contributed by atoms with Gasteiger partial charge in [-0.3, -0.25) is 19.3 Å². The second kappa shape index (κ2) is 24.1. The summed E-state index contributed by atoms with van der Waals surface area (Å²) in [6.45, 7) is 21.5. The van der Waals surface area contributed by atoms with Gasteiger partial charge in [0, 0.05) is 109 Å². The van der Waals surface area contributed by atoms with Gasteiger partial charge in [0.15, 0.2) is 0 Å². The molecule has 2 aliphatic heterocycles. The van der Waals surface area contributed by atoms with Crippen LogP contribution in [0.1, 0.15) is 71.4 Å². The van der Waals surface area contributed by atoms with Gasteiger partial charge in [-0.15, -0.1) is 0 Å². The van der Waals surface area contributed by atoms with Gasteiger partial charge in [-0.05, 0) is 154 Å². The second-order valence-corrected chi connectivity index (χ2v) is 22.4. The Bertz CT molecular complexity index is 2610. The Hall–Kier alpha value is -5.07. The molecule has 0 unspecified atom stereocenters. The second-order valence-electron chi connectivity index (χ2n) is 20.0. The van der Waals surface area contributed by atoms with Crippen LogP contribution in [0.15, 0.2) is 101 Å². The quantitative estimate of drug-likeness (QED) is 0.0403. The van der Waals surface area contributed by atoms with E-state index in [1.807, 2.05) is 51.2 Å². The van der Waals surface area contributed by atoms with Crippen molar-refractivity contribution in [1.29, 1.82) is 0 Å². The summed E-state index contributed by atoms with van der Waals surface area (Å²) >= 11 is 6.96. The first kappa shape index (κ1) is 53.7. The van der Waals surface area contributed by atoms with E-state index in [4.69, 9.17) is 21.1 Å². The number of thioether (sulfide) groups is 1. The summed E-state index contributed by atoms with van der Waals surface area (Å²) in [7, 11) is 0. The van der Waals surface area contributed by atoms with Crippen LogP contribution in [0.4, 0.5) is 29.3 Å². The number of hydrogen-bond acceptors (Lipinski definition) is 11. The van der Waals surface area contributed by atoms with Crippen LogP contribution in [0, 0.1) is 12.3 Å². The molecule has 8 rings (SSSR count). The third kappa shape index (κ3) is 16.2. The van der Waals surface area contributed by atoms with Crippen LogP contribution in [-0.4, -0.2) is 120 Å². The van der Waals surface area contributed by atoms with Crippen molar-refractivity contribution in [3.63, 3.8) is 0 Å². The van der Waals surface area contributed by atoms with E-state index in [2.05, 4.69) is 85.8 Å². The van der Waals surface area contributed by atoms with Crippen LogP contribution >= 0.6 is 35.3 Å². The van der Waals surface area contributed by atoms with Crippen molar-refractivity contribution in [3.05, 3.63) is 107 Å². The van der Waals surface area contributed by atoms with E-state index >= 15 is 0 Å². The highest BCUT2D eigenvalue weighted by Gasteiger charge is 2.32. The van der Waals surface area contributed by atoms with E-state index in [1.165, 1.54) is 35.7 Å². The van der Waals surface area contributed by atoms with Crippen LogP contribution in [0.2, 0.25) is 5.02 Å². The van der Waals surface area contributed by atoms with Gasteiger partial charge in [-0.2, -0.15) is 13.2 Å². The molecule has 2 amide bonds. The average Bonchev–Trinajstić information content (AvgIpc) is 3.80. The molecule has 0 saturated carbocycles. The number of alkyl halides is 3. The highest BCUT2D eigenvalue weighted by Crippen LogP contribution is 2.44. The van der Waals surface area contributed by atoms with Gasteiger partial charge in [0.1, 0.15) is 22.7 Å². The molecule has 71 heavy (non-hydrogen) atoms. The smallest absolute Gasteiger partial charge is 0.446 e. The molecule has 12 nitrogen and oxygen atoms in total. The lowest BCUT2D eigenvalue weighted by atomic mass is 9.72. The number of aryl methyl sites for hydroxylation is 1. The maximum absolute atomic E-state index is 12.9. The van der Waals surface area contributed by atoms with Crippen molar-refractivity contribution in [2.75, 3.05) is 82.2 Å². The van der Waals surface area contributed by atoms with E-state index in [9.17, 15) is 22.8 Å². The molecule has 1 aliphatic carbocycles. The summed E-state index contributed by atoms with van der Waals surface area (Å²) in [6, 6.07) is 23.7. The zero-order valence-electron chi connectivity index (χ0n) is 41.5. The molecule has 3 aromatic carbocycles. The van der Waals surface area contributed by atoms with Gasteiger partial charge in [-0.25, -0.2) is 9.78 Å². The van der Waals surface area contributed by atoms with Crippen molar-refractivity contribution in [2.45, 2.75) is 88.1 Å². The molecule has 0 spiro atoms. The average molecular weight is 1040 g/mol. The Balaban J connectivity index is 0.000000214. The van der Waals surface area contributed by atoms with Crippen molar-refractivity contribution < 1.29 is 32.2 Å². The number of carbonyl (C=O) groups is 2. The largest absolute Gasteiger partial charge is 0.455 e. The number of fused-ring (bicyclic) bond motifs is 1. The lowest BCUT2D eigenvalue weighted by molar-refractivity contribution is -0.107. The maximum Gasteiger partial charge on any atom is 0.446 e. The number of pyridine rings is 1. The molecule has 0 radical (unpaired) electrons. The van der Waals surface area contributed by atoms with E-state index in [0.717, 1.165) is 110 Å². The Labute approximate surface area is 429 Å². The first-order valence-corrected chi connectivity index (χ1v) is 26.2. The monoisotopic (exact) mass is 1030 g/mol. The van der Waals surface area contributed by atoms with Crippen molar-refractivity contribution in [2.24, 2.45) is 5.41 Å². The summed E-state index contributed by atoms with van der Waals surface area (Å²) in [5.74, 6) is 1.64. The minimum Gasteiger partial charge on any atom is -0.455 e. The normalized spacial score (nSPS) is 16.9. The van der Waals surface area contributed by atoms with Crippen LogP contribution < -0.4 is 19.7 Å². The van der Waals surface area contributed by atoms with Crippen molar-refractivity contribution in [3.8, 4) is 11.5 Å². The zero-order chi connectivity index (χ0) is 50.8. The number of hydrogen-bond donors (Lipinski definition) is 3. The number of H-pyrrole nitrogens is 1. The Morgan fingerprint density at radius 3 is 2.37 bits per heavy atom. The first-order chi connectivity index (χ1) is 33.8. The number of nitrogens with zero attached hydrogens (tertiary/aromatic N) is 5. The van der Waals surface area contributed by atoms with Gasteiger partial charge in [-0.1, -0.05) is 49.2 Å². The molecule has 18 heteroatoms. The number of ether oxygens (including phenoxy) is 2. The molecular formula is C53H66ClF3N8O4S2. The van der Waals surface area contributed by atoms with Crippen LogP contribution in [0.25, 0.3) is 16.6 Å². The number of rotatable bonds is 15. The number of aromatic nitrogens is 2. The van der Waals surface area contributed by atoms with E-state index < -0.39 is 11.1 Å². The Morgan fingerprint density at radius 1 is 0.930 bits per heavy atom. The fraction of sp³-hybridized carbons (Fsp3) is 0.453. The summed E-state index contributed by atoms with van der Waals surface area (Å²) in [5.41, 5.74) is 3.47. The third-order valence-corrected chi connectivity index (χ3v) is 14.4. The van der Waals surface area contributed by atoms with Crippen LogP contribution in [0.3, 0.4) is 0 Å². The van der Waals surface area contributed by atoms with Gasteiger partial charge >= 0.3 is 11.6 Å². The number of aromatic amines is 1. The van der Waals surface area contributed by atoms with Crippen molar-refractivity contribution in [1.82, 2.24) is 29.4 Å². The summed E-state index contributed by atoms with van der Waals surface area (Å²) in [5, 5.41) is 4.93. The SMILES string of the molecule is CC(C)(C)OC(=O)N1CCN(CCCNc2ccc(SNC=O)cc2SC(F)(F)F)CC1.Cc1ccc(N2CCN(CC3=C(c4ccc(Cl)cc4)CC(C)(C)CC3)CC2)cc1Oc1cnc2[nH]ccc2c1. The van der Waals surface area contributed by atoms with Gasteiger partial charge < -0.3 is 29.6 Å². The fourth-order valence-electron chi connectivity index (χ4n) is 8.92. The van der Waals surface area contributed by atoms with Gasteiger partial charge in [0.25, 0.3) is 0 Å². The molecule has 2 saturated heterocycles. The maximum atomic E-state index is 12.9. The number of benzene rings is 3. The van der Waals surface area contributed by atoms with E-state index in [0.29, 0.717) is 42.0 Å². The van der Waals surface area contributed by atoms with Gasteiger partial charge in [0.2, 0.25) is 6.41 Å². The Kier molecular flexibility index (Phi) is 18.2. The zero-order valence-corrected chi connectivity index (χ0v) is 43.9. The highest BCUT2D eigenvalue weighted by atomic mass is 35.5. The summed E-state index contributed by atoms with van der Waals surface area (Å²) < 4.78 is 52.8. The molecule has 3 N–H and O–H groups in total. The molecule has 0 bridgehead atoms. The van der Waals surface area contributed by atoms with Crippen LogP contribution in [-0.2, 0) is 9.53 Å². The molecule has 5 aromatic rings. The summed E-state index contributed by atoms with van der Waals surface area (Å²) in [4.78, 5) is 39.7. The highest BCUT2D eigenvalue weighted by molar-refractivity contribution is 8.00. The topological polar surface area (TPSA) is 118 Å². The predicted molar refractivity (Wildman–Crippen MR) is 283 cm³/mol. The molecule has 2 aromatic heterocycles. The van der Waals surface area contributed by atoms with E-state index in [1.54, 1.807) is 28.8 Å². The number of allylic oxidation sites excluding steroid dienone is 1. The molecule has 0 atom stereocenters. The minimum absolute atomic E-state index is 0.0566. The number of carbonyl (C=O) groups excluding carboxylic acids is 2. The fourth-order valence-corrected chi connectivity index (χ4v) is 10.3. The van der Waals surface area contributed by atoms with Gasteiger partial charge in [0.05, 0.1) is 6.20 Å². The number of halogens is 4. The summed E-state index contributed by atoms with van der Waals surface area (Å²) in [6.07, 6.45) is 8.14. The number of anilines is 2. The number of nitrogens with one attached hydrogen (secondary N) is 3. The van der Waals surface area contributed by atoms with E-state index in [-0.39, 0.29) is 22.8 Å². The lowest BCUT2D eigenvalue weighted by Crippen LogP contribution is -2.50. The molecule has 382 valence electrons. The lowest BCUT2D eigenvalue weighted by Gasteiger charge is -2.39. The molecule has 3 aliphatic rings. The molecule has 2 fully saturated rings. The molecule has 4 heterocycles. The van der Waals surface area contributed by atoms with Crippen LogP contribution in [0.5, 0.6) is 11.5 Å². The van der Waals surface area contributed by atoms with Crippen molar-refractivity contribution >= 4 is 75.8 Å². The number of piperazine rings is 2. The Morgan fingerprint density at radius 2 is 1.66 bits per heavy atom. The third-order valence-electron chi connectivity index (χ3n) is 12.7.